The normalized spacial score (nSPS) is 18.9. The molecule has 332 valence electrons. The Balaban J connectivity index is 0.744. The third-order valence-corrected chi connectivity index (χ3v) is 12.9. The molecule has 2 atom stereocenters. The van der Waals surface area contributed by atoms with E-state index in [2.05, 4.69) is 41.4 Å². The number of benzene rings is 3. The molecule has 17 nitrogen and oxygen atoms in total. The first kappa shape index (κ1) is 41.5. The minimum absolute atomic E-state index is 0.116. The molecule has 65 heavy (non-hydrogen) atoms. The number of fused-ring (bicyclic) bond motifs is 2. The lowest BCUT2D eigenvalue weighted by Crippen LogP contribution is -2.52. The van der Waals surface area contributed by atoms with E-state index in [-0.39, 0.29) is 36.1 Å². The van der Waals surface area contributed by atoms with Crippen molar-refractivity contribution in [1.29, 1.82) is 0 Å². The van der Waals surface area contributed by atoms with E-state index >= 15 is 0 Å². The number of hydrogen-bond acceptors (Lipinski definition) is 13. The van der Waals surface area contributed by atoms with E-state index in [1.54, 1.807) is 15.8 Å². The van der Waals surface area contributed by atoms with Crippen LogP contribution in [-0.2, 0) is 22.7 Å². The number of pyridine rings is 1. The number of methoxy groups -OCH3 is 1. The fourth-order valence-electron chi connectivity index (χ4n) is 9.46. The maximum Gasteiger partial charge on any atom is 0.255 e. The quantitative estimate of drug-likeness (QED) is 0.159. The number of nitrogens with zero attached hydrogens (tertiary/aromatic N) is 9. The molecule has 18 heteroatoms. The number of halogens is 1. The van der Waals surface area contributed by atoms with E-state index in [1.807, 2.05) is 48.5 Å². The van der Waals surface area contributed by atoms with Crippen LogP contribution < -0.4 is 30.9 Å². The van der Waals surface area contributed by atoms with Gasteiger partial charge in [-0.2, -0.15) is 5.10 Å². The number of ether oxygens (including phenoxy) is 1. The number of imide groups is 1. The van der Waals surface area contributed by atoms with Crippen molar-refractivity contribution in [1.82, 2.24) is 45.2 Å². The highest BCUT2D eigenvalue weighted by atomic mass is 19.1. The summed E-state index contributed by atoms with van der Waals surface area (Å²) in [5.74, 6) is 0.171. The summed E-state index contributed by atoms with van der Waals surface area (Å²) >= 11 is 0. The van der Waals surface area contributed by atoms with Crippen LogP contribution in [0.1, 0.15) is 51.1 Å². The first-order valence-electron chi connectivity index (χ1n) is 21.8. The smallest absolute Gasteiger partial charge is 0.255 e. The number of carbonyl (C=O) groups is 4. The zero-order valence-corrected chi connectivity index (χ0v) is 35.7. The molecule has 3 aromatic carbocycles. The SMILES string of the molecule is COc1ccc(F)cc1C(=O)NCc1ccc(-c2nn(-c3ccc(N4CCC(CN5CCN(c6ccc7c(c6)CN([C@H]6CCC(=O)NC6=O)C7=O)CC5)C4)nc3)c3ncnc(N)c23)cc1. The van der Waals surface area contributed by atoms with Crippen LogP contribution in [0.3, 0.4) is 0 Å². The summed E-state index contributed by atoms with van der Waals surface area (Å²) in [7, 11) is 1.43. The van der Waals surface area contributed by atoms with Crippen LogP contribution in [0.25, 0.3) is 28.0 Å². The van der Waals surface area contributed by atoms with Gasteiger partial charge in [0.15, 0.2) is 5.65 Å². The van der Waals surface area contributed by atoms with E-state index in [0.717, 1.165) is 92.2 Å². The Hall–Kier alpha value is -7.47. The minimum Gasteiger partial charge on any atom is -0.496 e. The molecule has 4 aliphatic rings. The number of rotatable bonds is 11. The number of carbonyl (C=O) groups excluding carboxylic acids is 4. The molecule has 0 radical (unpaired) electrons. The minimum atomic E-state index is -0.620. The number of amides is 4. The Bertz CT molecular complexity index is 2830. The average molecular weight is 879 g/mol. The van der Waals surface area contributed by atoms with Crippen molar-refractivity contribution in [2.75, 3.05) is 68.5 Å². The van der Waals surface area contributed by atoms with Crippen LogP contribution >= 0.6 is 0 Å². The fraction of sp³-hybridized carbons (Fsp3) is 0.319. The topological polar surface area (TPSA) is 197 Å². The molecule has 10 rings (SSSR count). The van der Waals surface area contributed by atoms with Crippen molar-refractivity contribution < 1.29 is 28.3 Å². The van der Waals surface area contributed by atoms with Crippen molar-refractivity contribution in [3.63, 3.8) is 0 Å². The van der Waals surface area contributed by atoms with E-state index in [0.29, 0.717) is 47.0 Å². The van der Waals surface area contributed by atoms with Crippen molar-refractivity contribution in [2.45, 2.75) is 38.4 Å². The molecular formula is C47H47FN12O5. The summed E-state index contributed by atoms with van der Waals surface area (Å²) in [4.78, 5) is 72.7. The number of nitrogens with one attached hydrogen (secondary N) is 2. The van der Waals surface area contributed by atoms with Crippen molar-refractivity contribution in [3.05, 3.63) is 113 Å². The van der Waals surface area contributed by atoms with Gasteiger partial charge in [-0.25, -0.2) is 24.0 Å². The molecule has 0 bridgehead atoms. The number of hydrogen-bond donors (Lipinski definition) is 3. The molecule has 0 aliphatic carbocycles. The van der Waals surface area contributed by atoms with E-state index in [9.17, 15) is 23.6 Å². The number of nitrogens with two attached hydrogens (primary N) is 1. The molecule has 4 amide bonds. The summed E-state index contributed by atoms with van der Waals surface area (Å²) < 4.78 is 20.8. The van der Waals surface area contributed by atoms with Gasteiger partial charge in [0.1, 0.15) is 41.3 Å². The van der Waals surface area contributed by atoms with Crippen LogP contribution in [0.2, 0.25) is 0 Å². The summed E-state index contributed by atoms with van der Waals surface area (Å²) in [5, 5.41) is 10.8. The maximum absolute atomic E-state index is 13.9. The molecule has 1 unspecified atom stereocenters. The summed E-state index contributed by atoms with van der Waals surface area (Å²) in [6, 6.07) is 20.7. The first-order chi connectivity index (χ1) is 31.6. The number of anilines is 3. The molecule has 6 aromatic rings. The van der Waals surface area contributed by atoms with Crippen LogP contribution in [0.4, 0.5) is 21.7 Å². The molecule has 3 fully saturated rings. The fourth-order valence-corrected chi connectivity index (χ4v) is 9.46. The Morgan fingerprint density at radius 3 is 2.49 bits per heavy atom. The standard InChI is InChI=1S/C47H47FN12O5/c1-65-38-11-6-32(48)21-36(38)45(62)51-22-28-2-4-30(5-3-28)42-41-43(49)52-27-53-44(41)60(55-42)34-8-12-39(50-23-34)58-15-14-29(25-58)24-56-16-18-57(19-17-56)33-7-9-35-31(20-33)26-59(47(35)64)37-10-13-40(61)54-46(37)63/h2-9,11-12,20-21,23,27,29,37H,10,13-19,22,24-26H2,1H3,(H,51,62)(H2,49,52,53)(H,54,61,63)/t29?,37-/m0/s1. The molecule has 3 saturated heterocycles. The Morgan fingerprint density at radius 2 is 1.72 bits per heavy atom. The van der Waals surface area contributed by atoms with Gasteiger partial charge in [-0.1, -0.05) is 24.3 Å². The van der Waals surface area contributed by atoms with E-state index in [1.165, 1.54) is 25.6 Å². The van der Waals surface area contributed by atoms with Crippen LogP contribution in [-0.4, -0.2) is 117 Å². The monoisotopic (exact) mass is 878 g/mol. The molecule has 4 aliphatic heterocycles. The highest BCUT2D eigenvalue weighted by Gasteiger charge is 2.39. The van der Waals surface area contributed by atoms with Crippen LogP contribution in [0.15, 0.2) is 85.3 Å². The highest BCUT2D eigenvalue weighted by molar-refractivity contribution is 6.05. The third kappa shape index (κ3) is 8.16. The Morgan fingerprint density at radius 1 is 0.908 bits per heavy atom. The largest absolute Gasteiger partial charge is 0.496 e. The molecule has 3 aromatic heterocycles. The van der Waals surface area contributed by atoms with Crippen LogP contribution in [0.5, 0.6) is 5.75 Å². The van der Waals surface area contributed by atoms with Gasteiger partial charge in [0.05, 0.1) is 29.9 Å². The predicted molar refractivity (Wildman–Crippen MR) is 240 cm³/mol. The van der Waals surface area contributed by atoms with Gasteiger partial charge in [0.2, 0.25) is 11.8 Å². The van der Waals surface area contributed by atoms with Gasteiger partial charge in [0.25, 0.3) is 11.8 Å². The first-order valence-corrected chi connectivity index (χ1v) is 21.8. The van der Waals surface area contributed by atoms with Gasteiger partial charge in [-0.15, -0.1) is 0 Å². The third-order valence-electron chi connectivity index (χ3n) is 12.9. The van der Waals surface area contributed by atoms with Gasteiger partial charge in [-0.3, -0.25) is 29.4 Å². The van der Waals surface area contributed by atoms with Crippen molar-refractivity contribution in [2.24, 2.45) is 5.92 Å². The lowest BCUT2D eigenvalue weighted by atomic mass is 10.0. The van der Waals surface area contributed by atoms with Gasteiger partial charge < -0.3 is 30.5 Å². The number of piperidine rings is 1. The zero-order valence-electron chi connectivity index (χ0n) is 35.7. The zero-order chi connectivity index (χ0) is 44.8. The van der Waals surface area contributed by atoms with Gasteiger partial charge in [0, 0.05) is 82.1 Å². The molecule has 0 spiro atoms. The molecule has 7 heterocycles. The molecule has 4 N–H and O–H groups in total. The summed E-state index contributed by atoms with van der Waals surface area (Å²) in [6.45, 7) is 7.05. The maximum atomic E-state index is 13.9. The second-order valence-corrected chi connectivity index (χ2v) is 16.9. The lowest BCUT2D eigenvalue weighted by molar-refractivity contribution is -0.136. The summed E-state index contributed by atoms with van der Waals surface area (Å²) in [6.07, 6.45) is 4.88. The lowest BCUT2D eigenvalue weighted by Gasteiger charge is -2.37. The van der Waals surface area contributed by atoms with E-state index < -0.39 is 23.7 Å². The second kappa shape index (κ2) is 17.2. The average Bonchev–Trinajstić information content (AvgIpc) is 4.05. The number of aromatic nitrogens is 5. The highest BCUT2D eigenvalue weighted by Crippen LogP contribution is 2.34. The van der Waals surface area contributed by atoms with Crippen molar-refractivity contribution in [3.8, 4) is 22.7 Å². The van der Waals surface area contributed by atoms with Gasteiger partial charge >= 0.3 is 0 Å². The van der Waals surface area contributed by atoms with Gasteiger partial charge in [-0.05, 0) is 78.4 Å². The summed E-state index contributed by atoms with van der Waals surface area (Å²) in [5.41, 5.74) is 12.7. The predicted octanol–water partition coefficient (Wildman–Crippen LogP) is 3.95. The Kier molecular flexibility index (Phi) is 11.0. The molecular weight excluding hydrogens is 832 g/mol. The number of nitrogen functional groups attached to an aromatic ring is 1. The second-order valence-electron chi connectivity index (χ2n) is 16.9. The van der Waals surface area contributed by atoms with Crippen LogP contribution in [0, 0.1) is 11.7 Å². The van der Waals surface area contributed by atoms with Crippen molar-refractivity contribution >= 4 is 52.0 Å². The number of piperazine rings is 1. The Labute approximate surface area is 373 Å². The van der Waals surface area contributed by atoms with E-state index in [4.69, 9.17) is 20.6 Å². The molecule has 0 saturated carbocycles.